The second-order valence-corrected chi connectivity index (χ2v) is 3.92. The average Bonchev–Trinajstić information content (AvgIpc) is 2.56. The van der Waals surface area contributed by atoms with E-state index in [1.54, 1.807) is 12.1 Å². The minimum Gasteiger partial charge on any atom is -0.543 e. The predicted molar refractivity (Wildman–Crippen MR) is 85.8 cm³/mol. The Balaban J connectivity index is -0.0000000950. The number of aromatic amines is 4. The zero-order chi connectivity index (χ0) is 22.3. The third-order valence-corrected chi connectivity index (χ3v) is 1.80. The Bertz CT molecular complexity index is 831. The molecule has 0 saturated carbocycles. The molecule has 0 unspecified atom stereocenters. The van der Waals surface area contributed by atoms with Crippen LogP contribution in [0.2, 0.25) is 0 Å². The Hall–Kier alpha value is -4.32. The molecule has 0 saturated heterocycles. The predicted octanol–water partition coefficient (Wildman–Crippen LogP) is -11.3. The molecule has 2 heterocycles. The van der Waals surface area contributed by atoms with E-state index in [1.807, 2.05) is 0 Å². The van der Waals surface area contributed by atoms with E-state index in [1.165, 1.54) is 12.4 Å². The monoisotopic (exact) mass is 493 g/mol. The minimum atomic E-state index is -2.19. The molecule has 2 aromatic heterocycles. The summed E-state index contributed by atoms with van der Waals surface area (Å²) in [5.74, 6) is -8.00. The molecule has 0 atom stereocenters. The van der Waals surface area contributed by atoms with E-state index < -0.39 is 23.9 Å². The van der Waals surface area contributed by atoms with Crippen molar-refractivity contribution in [3.63, 3.8) is 0 Å². The van der Waals surface area contributed by atoms with Gasteiger partial charge in [0.15, 0.2) is 11.6 Å². The molecule has 31 heavy (non-hydrogen) atoms. The van der Waals surface area contributed by atoms with Crippen LogP contribution in [0.25, 0.3) is 0 Å². The van der Waals surface area contributed by atoms with E-state index in [-0.39, 0.29) is 39.4 Å². The van der Waals surface area contributed by atoms with Crippen LogP contribution in [0.1, 0.15) is 0 Å². The van der Waals surface area contributed by atoms with Gasteiger partial charge in [-0.1, -0.05) is 0 Å². The molecule has 0 bridgehead atoms. The van der Waals surface area contributed by atoms with Crippen molar-refractivity contribution in [3.8, 4) is 0 Å². The minimum absolute atomic E-state index is 0. The molecule has 0 aromatic carbocycles. The van der Waals surface area contributed by atoms with Gasteiger partial charge in [0.05, 0.1) is 36.3 Å². The molecule has 0 aliphatic carbocycles. The van der Waals surface area contributed by atoms with Gasteiger partial charge in [-0.2, -0.15) is 19.6 Å². The normalized spacial score (nSPS) is 7.48. The number of nitrogen functional groups attached to an aromatic ring is 2. The van der Waals surface area contributed by atoms with Gasteiger partial charge in [0.25, 0.3) is 0 Å². The largest absolute Gasteiger partial charge is 2.00 e. The third-order valence-electron chi connectivity index (χ3n) is 1.80. The van der Waals surface area contributed by atoms with Gasteiger partial charge in [-0.3, -0.25) is 0 Å². The number of aromatic nitrogens is 4. The first-order valence-corrected chi connectivity index (χ1v) is 6.44. The number of carbonyl (C=O) groups is 4. The topological polar surface area (TPSA) is 373 Å². The van der Waals surface area contributed by atoms with Gasteiger partial charge in [0, 0.05) is 12.1 Å². The van der Waals surface area contributed by atoms with Gasteiger partial charge in [0.1, 0.15) is 0 Å². The first kappa shape index (κ1) is 37.4. The smallest absolute Gasteiger partial charge is 0.543 e. The molecule has 14 N–H and O–H groups in total. The summed E-state index contributed by atoms with van der Waals surface area (Å²) in [5.41, 5.74) is 9.79. The van der Waals surface area contributed by atoms with Crippen LogP contribution in [0.15, 0.2) is 34.1 Å². The summed E-state index contributed by atoms with van der Waals surface area (Å²) < 4.78 is 0. The van der Waals surface area contributed by atoms with E-state index >= 15 is 0 Å². The van der Waals surface area contributed by atoms with Crippen molar-refractivity contribution in [2.45, 2.75) is 0 Å². The number of anilines is 2. The van der Waals surface area contributed by atoms with Crippen molar-refractivity contribution < 1.29 is 77.6 Å². The molecule has 2 aromatic rings. The molecule has 0 aliphatic heterocycles. The number of nitrogens with one attached hydrogen (secondary N) is 4. The van der Waals surface area contributed by atoms with Crippen molar-refractivity contribution in [2.75, 3.05) is 11.5 Å². The zero-order valence-corrected chi connectivity index (χ0v) is 16.3. The molecular weight excluding hydrogens is 475 g/mol. The van der Waals surface area contributed by atoms with Crippen molar-refractivity contribution >= 4 is 35.5 Å². The number of rotatable bonds is 0. The number of aliphatic carboxylic acids is 4. The van der Waals surface area contributed by atoms with Crippen molar-refractivity contribution in [3.05, 3.63) is 45.5 Å². The summed E-state index contributed by atoms with van der Waals surface area (Å²) in [5, 5.41) is 35.7. The standard InChI is InChI=1S/2C4H5N3O.2C2H2O4.Mn.2H2O/c2*5-3-1-2-6-4(8)7-3;2*3-1(4)2(5)6;;;/h2*1-2H,(H3,5,6,7,8);2*(H,3,4)(H,5,6);;2*1H2/q;;;;+2;;. The van der Waals surface area contributed by atoms with Crippen LogP contribution >= 0.6 is 0 Å². The fraction of sp³-hybridized carbons (Fsp3) is 0. The van der Waals surface area contributed by atoms with E-state index in [0.29, 0.717) is 11.6 Å². The van der Waals surface area contributed by atoms with Crippen LogP contribution in [-0.2, 0) is 47.2 Å². The van der Waals surface area contributed by atoms with Crippen LogP contribution in [0.4, 0.5) is 11.6 Å². The molecule has 0 aliphatic rings. The molecule has 0 fully saturated rings. The van der Waals surface area contributed by atoms with E-state index in [0.717, 1.165) is 0 Å². The third kappa shape index (κ3) is 25.7. The van der Waals surface area contributed by atoms with Gasteiger partial charge in [0.2, 0.25) is 0 Å². The molecule has 1 radical (unpaired) electrons. The van der Waals surface area contributed by atoms with Gasteiger partial charge in [-0.25, -0.2) is 9.97 Å². The maximum absolute atomic E-state index is 10.3. The summed E-state index contributed by atoms with van der Waals surface area (Å²) in [7, 11) is 0. The molecule has 0 spiro atoms. The second kappa shape index (κ2) is 20.4. The van der Waals surface area contributed by atoms with Gasteiger partial charge >= 0.3 is 28.4 Å². The number of carboxylic acids is 4. The maximum Gasteiger partial charge on any atom is 2.00 e. The number of nitrogens with two attached hydrogens (primary N) is 2. The summed E-state index contributed by atoms with van der Waals surface area (Å²) in [4.78, 5) is 65.7. The quantitative estimate of drug-likeness (QED) is 0.151. The summed E-state index contributed by atoms with van der Waals surface area (Å²) in [6.45, 7) is 0. The van der Waals surface area contributed by atoms with Crippen molar-refractivity contribution in [1.29, 1.82) is 0 Å². The number of carboxylic acid groups (broad SMARTS) is 4. The maximum atomic E-state index is 10.3. The van der Waals surface area contributed by atoms with Gasteiger partial charge < -0.3 is 62.0 Å². The van der Waals surface area contributed by atoms with Crippen molar-refractivity contribution in [1.82, 2.24) is 9.97 Å². The Morgan fingerprint density at radius 3 is 1.00 bits per heavy atom. The van der Waals surface area contributed by atoms with Gasteiger partial charge in [-0.15, -0.1) is 0 Å². The van der Waals surface area contributed by atoms with Crippen LogP contribution in [0, 0.1) is 0 Å². The zero-order valence-electron chi connectivity index (χ0n) is 15.1. The first-order valence-electron chi connectivity index (χ1n) is 6.44. The van der Waals surface area contributed by atoms with Crippen LogP contribution in [0.3, 0.4) is 0 Å². The fourth-order valence-electron chi connectivity index (χ4n) is 0.832. The van der Waals surface area contributed by atoms with Gasteiger partial charge in [-0.05, 0) is 0 Å². The second-order valence-electron chi connectivity index (χ2n) is 3.92. The van der Waals surface area contributed by atoms with Crippen LogP contribution in [-0.4, -0.2) is 33.8 Å². The molecule has 0 amide bonds. The Labute approximate surface area is 180 Å². The number of hydrogen-bond donors (Lipinski definition) is 4. The molecule has 2 rings (SSSR count). The Morgan fingerprint density at radius 1 is 0.677 bits per heavy atom. The summed E-state index contributed by atoms with van der Waals surface area (Å²) in [6, 6.07) is 3.14. The fourth-order valence-corrected chi connectivity index (χ4v) is 0.832. The first-order chi connectivity index (χ1) is 12.9. The van der Waals surface area contributed by atoms with E-state index in [4.69, 9.17) is 51.1 Å². The molecular formula is C12H18MnN6O12+2. The molecule has 19 heteroatoms. The Kier molecular flexibility index (Phi) is 24.7. The summed E-state index contributed by atoms with van der Waals surface area (Å²) >= 11 is 0. The number of carbonyl (C=O) groups excluding carboxylic acids is 4. The molecule has 18 nitrogen and oxygen atoms in total. The van der Waals surface area contributed by atoms with E-state index in [2.05, 4.69) is 19.9 Å². The number of hydrogen-bond acceptors (Lipinski definition) is 12. The SMILES string of the molecule is Nc1cc[nH+]c(=O)[nH]1.Nc1cc[nH+]c(=O)[nH]1.O=C([O-])C(=O)[O-].O=C([O-])C(=O)[O-].[Mn+2].[OH3+].[OH3+]. The number of H-pyrrole nitrogens is 4. The van der Waals surface area contributed by atoms with Crippen LogP contribution in [0.5, 0.6) is 0 Å². The molecule has 173 valence electrons. The van der Waals surface area contributed by atoms with E-state index in [9.17, 15) is 9.59 Å². The van der Waals surface area contributed by atoms with Crippen LogP contribution < -0.4 is 53.2 Å². The average molecular weight is 493 g/mol. The summed E-state index contributed by atoms with van der Waals surface area (Å²) in [6.07, 6.45) is 2.96. The van der Waals surface area contributed by atoms with Crippen molar-refractivity contribution in [2.24, 2.45) is 0 Å². The Morgan fingerprint density at radius 2 is 0.903 bits per heavy atom.